The molecule has 0 aromatic carbocycles. The Kier molecular flexibility index (Phi) is 3.61. The minimum Gasteiger partial charge on any atom is -0.478 e. The summed E-state index contributed by atoms with van der Waals surface area (Å²) in [6.07, 6.45) is -0.990. The van der Waals surface area contributed by atoms with Crippen LogP contribution in [0.2, 0.25) is 0 Å². The van der Waals surface area contributed by atoms with Crippen molar-refractivity contribution in [1.29, 1.82) is 0 Å². The van der Waals surface area contributed by atoms with Crippen LogP contribution in [0.15, 0.2) is 11.3 Å². The highest BCUT2D eigenvalue weighted by atomic mass is 16.5. The SMILES string of the molecule is CC(C(=O)O)=C(N)COC(N)=O. The van der Waals surface area contributed by atoms with E-state index in [-0.39, 0.29) is 17.9 Å². The summed E-state index contributed by atoms with van der Waals surface area (Å²) in [6, 6.07) is 0. The van der Waals surface area contributed by atoms with Crippen LogP contribution in [-0.4, -0.2) is 23.8 Å². The Morgan fingerprint density at radius 1 is 1.42 bits per heavy atom. The second-order valence-electron chi connectivity index (χ2n) is 2.06. The number of rotatable bonds is 3. The Hall–Kier alpha value is -1.72. The number of hydrogen-bond donors (Lipinski definition) is 3. The van der Waals surface area contributed by atoms with Gasteiger partial charge in [-0.3, -0.25) is 0 Å². The van der Waals surface area contributed by atoms with Gasteiger partial charge in [-0.25, -0.2) is 9.59 Å². The van der Waals surface area contributed by atoms with Crippen LogP contribution in [0.25, 0.3) is 0 Å². The molecule has 0 saturated carbocycles. The van der Waals surface area contributed by atoms with E-state index in [4.69, 9.17) is 10.8 Å². The fourth-order valence-corrected chi connectivity index (χ4v) is 0.394. The van der Waals surface area contributed by atoms with Gasteiger partial charge < -0.3 is 21.3 Å². The first-order chi connectivity index (χ1) is 5.45. The maximum absolute atomic E-state index is 10.3. The van der Waals surface area contributed by atoms with Crippen molar-refractivity contribution in [3.05, 3.63) is 11.3 Å². The fraction of sp³-hybridized carbons (Fsp3) is 0.333. The van der Waals surface area contributed by atoms with Crippen molar-refractivity contribution in [1.82, 2.24) is 0 Å². The molecule has 0 fully saturated rings. The van der Waals surface area contributed by atoms with Gasteiger partial charge in [-0.15, -0.1) is 0 Å². The van der Waals surface area contributed by atoms with Crippen LogP contribution >= 0.6 is 0 Å². The van der Waals surface area contributed by atoms with Crippen molar-refractivity contribution >= 4 is 12.1 Å². The van der Waals surface area contributed by atoms with Gasteiger partial charge >= 0.3 is 12.1 Å². The lowest BCUT2D eigenvalue weighted by molar-refractivity contribution is -0.132. The summed E-state index contributed by atoms with van der Waals surface area (Å²) in [5.41, 5.74) is 9.78. The van der Waals surface area contributed by atoms with E-state index < -0.39 is 12.1 Å². The summed E-state index contributed by atoms with van der Waals surface area (Å²) < 4.78 is 4.27. The number of amides is 1. The van der Waals surface area contributed by atoms with E-state index in [0.717, 1.165) is 0 Å². The lowest BCUT2D eigenvalue weighted by atomic mass is 10.2. The van der Waals surface area contributed by atoms with Crippen LogP contribution < -0.4 is 11.5 Å². The molecule has 0 aliphatic rings. The maximum Gasteiger partial charge on any atom is 0.404 e. The Bertz CT molecular complexity index is 234. The number of carbonyl (C=O) groups excluding carboxylic acids is 1. The van der Waals surface area contributed by atoms with Crippen LogP contribution in [0.3, 0.4) is 0 Å². The molecule has 0 bridgehead atoms. The third-order valence-electron chi connectivity index (χ3n) is 1.17. The number of primary amides is 1. The van der Waals surface area contributed by atoms with Crippen molar-refractivity contribution in [3.8, 4) is 0 Å². The number of ether oxygens (including phenoxy) is 1. The van der Waals surface area contributed by atoms with Crippen LogP contribution in [0.5, 0.6) is 0 Å². The summed E-state index contributed by atoms with van der Waals surface area (Å²) in [5.74, 6) is -1.15. The van der Waals surface area contributed by atoms with Crippen LogP contribution in [0, 0.1) is 0 Å². The van der Waals surface area contributed by atoms with E-state index in [1.54, 1.807) is 0 Å². The third kappa shape index (κ3) is 3.45. The number of hydrogen-bond acceptors (Lipinski definition) is 4. The molecule has 12 heavy (non-hydrogen) atoms. The number of carboxylic acids is 1. The molecule has 68 valence electrons. The van der Waals surface area contributed by atoms with E-state index >= 15 is 0 Å². The van der Waals surface area contributed by atoms with Gasteiger partial charge in [0.2, 0.25) is 0 Å². The lowest BCUT2D eigenvalue weighted by Gasteiger charge is -2.03. The Morgan fingerprint density at radius 2 is 1.92 bits per heavy atom. The highest BCUT2D eigenvalue weighted by molar-refractivity contribution is 5.86. The average Bonchev–Trinajstić information content (AvgIpc) is 1.98. The summed E-state index contributed by atoms with van der Waals surface area (Å²) in [4.78, 5) is 20.3. The van der Waals surface area contributed by atoms with Crippen molar-refractivity contribution in [2.75, 3.05) is 6.61 Å². The molecule has 0 radical (unpaired) electrons. The number of carboxylic acid groups (broad SMARTS) is 1. The maximum atomic E-state index is 10.3. The van der Waals surface area contributed by atoms with Gasteiger partial charge in [-0.05, 0) is 6.92 Å². The molecule has 0 spiro atoms. The molecular formula is C6H10N2O4. The summed E-state index contributed by atoms with van der Waals surface area (Å²) >= 11 is 0. The Labute approximate surface area is 68.8 Å². The van der Waals surface area contributed by atoms with Gasteiger partial charge in [0.15, 0.2) is 0 Å². The topological polar surface area (TPSA) is 116 Å². The molecule has 0 rings (SSSR count). The largest absolute Gasteiger partial charge is 0.478 e. The van der Waals surface area contributed by atoms with Crippen LogP contribution in [0.4, 0.5) is 4.79 Å². The van der Waals surface area contributed by atoms with Gasteiger partial charge in [-0.1, -0.05) is 0 Å². The molecule has 1 amide bonds. The monoisotopic (exact) mass is 174 g/mol. The zero-order valence-electron chi connectivity index (χ0n) is 6.53. The van der Waals surface area contributed by atoms with E-state index in [9.17, 15) is 9.59 Å². The predicted octanol–water partition coefficient (Wildman–Crippen LogP) is -0.601. The second kappa shape index (κ2) is 4.22. The van der Waals surface area contributed by atoms with Crippen LogP contribution in [0.1, 0.15) is 6.92 Å². The van der Waals surface area contributed by atoms with E-state index in [2.05, 4.69) is 10.5 Å². The van der Waals surface area contributed by atoms with Crippen molar-refractivity contribution < 1.29 is 19.4 Å². The predicted molar refractivity (Wildman–Crippen MR) is 40.1 cm³/mol. The summed E-state index contributed by atoms with van der Waals surface area (Å²) in [5, 5.41) is 8.41. The van der Waals surface area contributed by atoms with E-state index in [0.29, 0.717) is 0 Å². The van der Waals surface area contributed by atoms with Gasteiger partial charge in [0, 0.05) is 0 Å². The van der Waals surface area contributed by atoms with Gasteiger partial charge in [0.1, 0.15) is 6.61 Å². The molecule has 6 nitrogen and oxygen atoms in total. The first kappa shape index (κ1) is 10.3. The molecule has 0 aliphatic carbocycles. The molecule has 0 heterocycles. The fourth-order valence-electron chi connectivity index (χ4n) is 0.394. The quantitative estimate of drug-likeness (QED) is 0.494. The first-order valence-corrected chi connectivity index (χ1v) is 3.06. The van der Waals surface area contributed by atoms with E-state index in [1.807, 2.05) is 0 Å². The minimum absolute atomic E-state index is 0.0266. The molecular weight excluding hydrogens is 164 g/mol. The normalized spacial score (nSPS) is 11.8. The van der Waals surface area contributed by atoms with Crippen molar-refractivity contribution in [2.24, 2.45) is 11.5 Å². The van der Waals surface area contributed by atoms with Gasteiger partial charge in [0.25, 0.3) is 0 Å². The Morgan fingerprint density at radius 3 is 2.25 bits per heavy atom. The van der Waals surface area contributed by atoms with Gasteiger partial charge in [0.05, 0.1) is 11.3 Å². The molecule has 5 N–H and O–H groups in total. The molecule has 0 aromatic heterocycles. The minimum atomic E-state index is -1.15. The number of nitrogens with two attached hydrogens (primary N) is 2. The molecule has 6 heteroatoms. The summed E-state index contributed by atoms with van der Waals surface area (Å²) in [6.45, 7) is 1.01. The van der Waals surface area contributed by atoms with E-state index in [1.165, 1.54) is 6.92 Å². The average molecular weight is 174 g/mol. The number of aliphatic carboxylic acids is 1. The molecule has 0 aromatic rings. The smallest absolute Gasteiger partial charge is 0.404 e. The Balaban J connectivity index is 4.18. The van der Waals surface area contributed by atoms with Crippen molar-refractivity contribution in [3.63, 3.8) is 0 Å². The highest BCUT2D eigenvalue weighted by Gasteiger charge is 2.06. The first-order valence-electron chi connectivity index (χ1n) is 3.06. The molecule has 0 aliphatic heterocycles. The second-order valence-corrected chi connectivity index (χ2v) is 2.06. The zero-order valence-corrected chi connectivity index (χ0v) is 6.53. The highest BCUT2D eigenvalue weighted by Crippen LogP contribution is 1.97. The third-order valence-corrected chi connectivity index (χ3v) is 1.17. The zero-order chi connectivity index (χ0) is 9.72. The van der Waals surface area contributed by atoms with Gasteiger partial charge in [-0.2, -0.15) is 0 Å². The molecule has 0 atom stereocenters. The molecule has 0 saturated heterocycles. The van der Waals surface area contributed by atoms with Crippen LogP contribution in [-0.2, 0) is 9.53 Å². The molecule has 0 unspecified atom stereocenters. The lowest BCUT2D eigenvalue weighted by Crippen LogP contribution is -2.19. The standard InChI is InChI=1S/C6H10N2O4/c1-3(5(9)10)4(7)2-12-6(8)11/h2,7H2,1H3,(H2,8,11)(H,9,10). The number of carbonyl (C=O) groups is 2. The van der Waals surface area contributed by atoms with Crippen molar-refractivity contribution in [2.45, 2.75) is 6.92 Å². The summed E-state index contributed by atoms with van der Waals surface area (Å²) in [7, 11) is 0.